The molecule has 2 rings (SSSR count). The van der Waals surface area contributed by atoms with Gasteiger partial charge in [-0.2, -0.15) is 0 Å². The molecule has 0 aliphatic carbocycles. The molecular weight excluding hydrogens is 198 g/mol. The fourth-order valence-electron chi connectivity index (χ4n) is 1.95. The summed E-state index contributed by atoms with van der Waals surface area (Å²) in [4.78, 5) is 4.53. The minimum Gasteiger partial charge on any atom is -0.397 e. The third-order valence-electron chi connectivity index (χ3n) is 2.93. The zero-order valence-electron chi connectivity index (χ0n) is 10.2. The van der Waals surface area contributed by atoms with E-state index < -0.39 is 0 Å². The van der Waals surface area contributed by atoms with Crippen LogP contribution in [0.3, 0.4) is 0 Å². The van der Waals surface area contributed by atoms with Gasteiger partial charge in [-0.15, -0.1) is 0 Å². The average Bonchev–Trinajstić information content (AvgIpc) is 2.53. The smallest absolute Gasteiger partial charge is 0.112 e. The predicted molar refractivity (Wildman–Crippen MR) is 68.3 cm³/mol. The lowest BCUT2D eigenvalue weighted by Crippen LogP contribution is -2.03. The van der Waals surface area contributed by atoms with Crippen LogP contribution in [-0.4, -0.2) is 9.55 Å². The van der Waals surface area contributed by atoms with Crippen molar-refractivity contribution in [3.05, 3.63) is 24.0 Å². The number of aromatic nitrogens is 2. The number of fused-ring (bicyclic) bond motifs is 1. The van der Waals surface area contributed by atoms with Gasteiger partial charge in [0.25, 0.3) is 0 Å². The number of benzene rings is 1. The number of hydrogen-bond acceptors (Lipinski definition) is 2. The van der Waals surface area contributed by atoms with Gasteiger partial charge in [0.05, 0.1) is 11.2 Å². The Hall–Kier alpha value is -1.51. The van der Waals surface area contributed by atoms with Crippen molar-refractivity contribution < 1.29 is 0 Å². The monoisotopic (exact) mass is 217 g/mol. The van der Waals surface area contributed by atoms with Gasteiger partial charge in [0, 0.05) is 6.54 Å². The van der Waals surface area contributed by atoms with Crippen LogP contribution in [0, 0.1) is 12.8 Å². The first kappa shape index (κ1) is 11.0. The number of rotatable bonds is 3. The number of nitrogens with two attached hydrogens (primary N) is 1. The molecule has 0 saturated carbocycles. The van der Waals surface area contributed by atoms with Gasteiger partial charge < -0.3 is 10.3 Å². The molecule has 0 amide bonds. The third kappa shape index (κ3) is 1.90. The molecule has 16 heavy (non-hydrogen) atoms. The third-order valence-corrected chi connectivity index (χ3v) is 2.93. The van der Waals surface area contributed by atoms with E-state index in [1.165, 1.54) is 6.42 Å². The number of para-hydroxylation sites is 1. The van der Waals surface area contributed by atoms with Crippen LogP contribution in [0.25, 0.3) is 11.0 Å². The summed E-state index contributed by atoms with van der Waals surface area (Å²) < 4.78 is 2.26. The Bertz CT molecular complexity index is 497. The molecule has 3 heteroatoms. The van der Waals surface area contributed by atoms with Gasteiger partial charge in [0.2, 0.25) is 0 Å². The number of nitrogen functional groups attached to an aromatic ring is 1. The fourth-order valence-corrected chi connectivity index (χ4v) is 1.95. The summed E-state index contributed by atoms with van der Waals surface area (Å²) >= 11 is 0. The van der Waals surface area contributed by atoms with Gasteiger partial charge in [-0.1, -0.05) is 19.9 Å². The molecule has 2 N–H and O–H groups in total. The second kappa shape index (κ2) is 4.16. The highest BCUT2D eigenvalue weighted by atomic mass is 15.1. The molecule has 3 nitrogen and oxygen atoms in total. The maximum absolute atomic E-state index is 5.92. The standard InChI is InChI=1S/C13H19N3/c1-9(2)7-8-16-10(3)15-13-11(14)5-4-6-12(13)16/h4-6,9H,7-8,14H2,1-3H3. The maximum atomic E-state index is 5.92. The Morgan fingerprint density at radius 1 is 1.38 bits per heavy atom. The second-order valence-electron chi connectivity index (χ2n) is 4.71. The molecule has 0 radical (unpaired) electrons. The first-order valence-electron chi connectivity index (χ1n) is 5.81. The van der Waals surface area contributed by atoms with E-state index in [0.717, 1.165) is 29.1 Å². The Labute approximate surface area is 96.3 Å². The lowest BCUT2D eigenvalue weighted by atomic mass is 10.1. The predicted octanol–water partition coefficient (Wildman–Crippen LogP) is 2.97. The van der Waals surface area contributed by atoms with Crippen molar-refractivity contribution in [3.63, 3.8) is 0 Å². The summed E-state index contributed by atoms with van der Waals surface area (Å²) in [6.45, 7) is 7.54. The summed E-state index contributed by atoms with van der Waals surface area (Å²) in [5.74, 6) is 1.76. The number of nitrogens with zero attached hydrogens (tertiary/aromatic N) is 2. The zero-order valence-corrected chi connectivity index (χ0v) is 10.2. The average molecular weight is 217 g/mol. The highest BCUT2D eigenvalue weighted by Crippen LogP contribution is 2.22. The SMILES string of the molecule is Cc1nc2c(N)cccc2n1CCC(C)C. The molecular formula is C13H19N3. The van der Waals surface area contributed by atoms with Crippen molar-refractivity contribution in [2.24, 2.45) is 5.92 Å². The summed E-state index contributed by atoms with van der Waals surface area (Å²) in [5, 5.41) is 0. The van der Waals surface area contributed by atoms with Gasteiger partial charge in [0.1, 0.15) is 11.3 Å². The van der Waals surface area contributed by atoms with Crippen molar-refractivity contribution in [3.8, 4) is 0 Å². The molecule has 0 fully saturated rings. The second-order valence-corrected chi connectivity index (χ2v) is 4.71. The van der Waals surface area contributed by atoms with Crippen molar-refractivity contribution in [1.82, 2.24) is 9.55 Å². The number of hydrogen-bond donors (Lipinski definition) is 1. The van der Waals surface area contributed by atoms with Crippen molar-refractivity contribution in [2.75, 3.05) is 5.73 Å². The highest BCUT2D eigenvalue weighted by molar-refractivity contribution is 5.87. The Kier molecular flexibility index (Phi) is 2.86. The minimum absolute atomic E-state index is 0.706. The van der Waals surface area contributed by atoms with Crippen LogP contribution < -0.4 is 5.73 Å². The van der Waals surface area contributed by atoms with E-state index in [1.807, 2.05) is 19.1 Å². The van der Waals surface area contributed by atoms with E-state index >= 15 is 0 Å². The van der Waals surface area contributed by atoms with Gasteiger partial charge >= 0.3 is 0 Å². The van der Waals surface area contributed by atoms with Crippen LogP contribution in [-0.2, 0) is 6.54 Å². The van der Waals surface area contributed by atoms with Crippen molar-refractivity contribution >= 4 is 16.7 Å². The Morgan fingerprint density at radius 3 is 2.81 bits per heavy atom. The summed E-state index contributed by atoms with van der Waals surface area (Å²) in [6, 6.07) is 5.98. The maximum Gasteiger partial charge on any atom is 0.112 e. The molecule has 0 saturated heterocycles. The van der Waals surface area contributed by atoms with Crippen LogP contribution in [0.2, 0.25) is 0 Å². The van der Waals surface area contributed by atoms with Crippen molar-refractivity contribution in [2.45, 2.75) is 33.7 Å². The lowest BCUT2D eigenvalue weighted by Gasteiger charge is -2.08. The quantitative estimate of drug-likeness (QED) is 0.803. The summed E-state index contributed by atoms with van der Waals surface area (Å²) in [6.07, 6.45) is 1.17. The highest BCUT2D eigenvalue weighted by Gasteiger charge is 2.09. The van der Waals surface area contributed by atoms with Gasteiger partial charge in [0.15, 0.2) is 0 Å². The van der Waals surface area contributed by atoms with E-state index in [-0.39, 0.29) is 0 Å². The summed E-state index contributed by atoms with van der Waals surface area (Å²) in [7, 11) is 0. The first-order valence-corrected chi connectivity index (χ1v) is 5.81. The van der Waals surface area contributed by atoms with Crippen LogP contribution >= 0.6 is 0 Å². The molecule has 0 aliphatic rings. The largest absolute Gasteiger partial charge is 0.397 e. The van der Waals surface area contributed by atoms with Crippen LogP contribution in [0.4, 0.5) is 5.69 Å². The van der Waals surface area contributed by atoms with Gasteiger partial charge in [-0.05, 0) is 31.4 Å². The molecule has 0 atom stereocenters. The van der Waals surface area contributed by atoms with E-state index in [2.05, 4.69) is 29.5 Å². The molecule has 86 valence electrons. The molecule has 0 bridgehead atoms. The van der Waals surface area contributed by atoms with Gasteiger partial charge in [-0.3, -0.25) is 0 Å². The number of anilines is 1. The van der Waals surface area contributed by atoms with Crippen LogP contribution in [0.15, 0.2) is 18.2 Å². The topological polar surface area (TPSA) is 43.8 Å². The van der Waals surface area contributed by atoms with E-state index in [1.54, 1.807) is 0 Å². The molecule has 1 aromatic heterocycles. The Morgan fingerprint density at radius 2 is 2.12 bits per heavy atom. The lowest BCUT2D eigenvalue weighted by molar-refractivity contribution is 0.517. The van der Waals surface area contributed by atoms with Crippen molar-refractivity contribution in [1.29, 1.82) is 0 Å². The number of aryl methyl sites for hydroxylation is 2. The van der Waals surface area contributed by atoms with Crippen LogP contribution in [0.1, 0.15) is 26.1 Å². The molecule has 0 spiro atoms. The first-order chi connectivity index (χ1) is 7.59. The van der Waals surface area contributed by atoms with E-state index in [4.69, 9.17) is 5.73 Å². The number of imidazole rings is 1. The normalized spacial score (nSPS) is 11.5. The Balaban J connectivity index is 2.44. The van der Waals surface area contributed by atoms with E-state index in [0.29, 0.717) is 5.92 Å². The zero-order chi connectivity index (χ0) is 11.7. The van der Waals surface area contributed by atoms with Crippen LogP contribution in [0.5, 0.6) is 0 Å². The van der Waals surface area contributed by atoms with Gasteiger partial charge in [-0.25, -0.2) is 4.98 Å². The molecule has 1 heterocycles. The minimum atomic E-state index is 0.706. The molecule has 1 aromatic carbocycles. The van der Waals surface area contributed by atoms with E-state index in [9.17, 15) is 0 Å². The fraction of sp³-hybridized carbons (Fsp3) is 0.462. The summed E-state index contributed by atoms with van der Waals surface area (Å²) in [5.41, 5.74) is 8.77. The molecule has 0 unspecified atom stereocenters. The molecule has 0 aliphatic heterocycles. The molecule has 2 aromatic rings.